The Morgan fingerprint density at radius 2 is 1.88 bits per heavy atom. The highest BCUT2D eigenvalue weighted by atomic mass is 16.1. The van der Waals surface area contributed by atoms with Gasteiger partial charge in [-0.1, -0.05) is 37.3 Å². The van der Waals surface area contributed by atoms with Gasteiger partial charge in [0, 0.05) is 29.9 Å². The minimum Gasteiger partial charge on any atom is -0.311 e. The second-order valence-corrected chi connectivity index (χ2v) is 5.81. The second-order valence-electron chi connectivity index (χ2n) is 5.81. The molecule has 4 nitrogen and oxygen atoms in total. The number of benzene rings is 1. The van der Waals surface area contributed by atoms with Crippen LogP contribution >= 0.6 is 0 Å². The lowest BCUT2D eigenvalue weighted by atomic mass is 10.1. The van der Waals surface area contributed by atoms with Crippen molar-refractivity contribution in [2.75, 3.05) is 0 Å². The average Bonchev–Trinajstić information content (AvgIpc) is 2.62. The zero-order valence-electron chi connectivity index (χ0n) is 13.8. The van der Waals surface area contributed by atoms with E-state index in [1.807, 2.05) is 30.3 Å². The van der Waals surface area contributed by atoms with Crippen LogP contribution in [0.4, 0.5) is 0 Å². The van der Waals surface area contributed by atoms with Crippen molar-refractivity contribution in [1.82, 2.24) is 15.0 Å². The Balaban J connectivity index is 1.75. The Labute approximate surface area is 141 Å². The summed E-state index contributed by atoms with van der Waals surface area (Å²) in [7, 11) is 0. The second kappa shape index (κ2) is 7.68. The van der Waals surface area contributed by atoms with E-state index in [1.54, 1.807) is 12.3 Å². The van der Waals surface area contributed by atoms with E-state index in [-0.39, 0.29) is 5.56 Å². The third kappa shape index (κ3) is 4.16. The standard InChI is InChI=1S/C20H21N3O/c1-2-17-13-16(11-12-21-17)18-14-20(24)23-19(22-18)10-6-9-15-7-4-3-5-8-15/h3-5,7-8,11-14H,2,6,9-10H2,1H3,(H,22,23,24). The van der Waals surface area contributed by atoms with Gasteiger partial charge >= 0.3 is 0 Å². The van der Waals surface area contributed by atoms with Crippen LogP contribution in [0.1, 0.15) is 30.4 Å². The molecule has 0 unspecified atom stereocenters. The smallest absolute Gasteiger partial charge is 0.251 e. The van der Waals surface area contributed by atoms with E-state index in [1.165, 1.54) is 5.56 Å². The number of aryl methyl sites for hydroxylation is 3. The van der Waals surface area contributed by atoms with Crippen LogP contribution in [-0.2, 0) is 19.3 Å². The van der Waals surface area contributed by atoms with Crippen LogP contribution in [-0.4, -0.2) is 15.0 Å². The van der Waals surface area contributed by atoms with Crippen LogP contribution in [0.25, 0.3) is 11.3 Å². The molecule has 0 saturated heterocycles. The maximum Gasteiger partial charge on any atom is 0.251 e. The molecule has 2 aromatic heterocycles. The lowest BCUT2D eigenvalue weighted by Gasteiger charge is -2.06. The third-order valence-electron chi connectivity index (χ3n) is 3.99. The first kappa shape index (κ1) is 16.1. The van der Waals surface area contributed by atoms with Gasteiger partial charge in [0.15, 0.2) is 0 Å². The van der Waals surface area contributed by atoms with Crippen molar-refractivity contribution in [3.8, 4) is 11.3 Å². The zero-order valence-corrected chi connectivity index (χ0v) is 13.8. The minimum absolute atomic E-state index is 0.107. The quantitative estimate of drug-likeness (QED) is 0.755. The molecule has 0 saturated carbocycles. The molecule has 0 aliphatic carbocycles. The van der Waals surface area contributed by atoms with Crippen LogP contribution in [0.15, 0.2) is 59.5 Å². The SMILES string of the molecule is CCc1cc(-c2cc(=O)[nH]c(CCCc3ccccc3)n2)ccn1. The third-order valence-corrected chi connectivity index (χ3v) is 3.99. The van der Waals surface area contributed by atoms with E-state index in [4.69, 9.17) is 0 Å². The zero-order chi connectivity index (χ0) is 16.8. The Morgan fingerprint density at radius 3 is 2.67 bits per heavy atom. The van der Waals surface area contributed by atoms with Crippen molar-refractivity contribution < 1.29 is 0 Å². The summed E-state index contributed by atoms with van der Waals surface area (Å²) in [6, 6.07) is 15.8. The fraction of sp³-hybridized carbons (Fsp3) is 0.250. The highest BCUT2D eigenvalue weighted by molar-refractivity contribution is 5.58. The van der Waals surface area contributed by atoms with E-state index in [0.29, 0.717) is 5.69 Å². The van der Waals surface area contributed by atoms with Gasteiger partial charge in [-0.15, -0.1) is 0 Å². The fourth-order valence-electron chi connectivity index (χ4n) is 2.71. The number of aromatic amines is 1. The molecule has 1 aromatic carbocycles. The molecule has 1 N–H and O–H groups in total. The van der Waals surface area contributed by atoms with Crippen molar-refractivity contribution in [3.05, 3.63) is 82.2 Å². The van der Waals surface area contributed by atoms with Gasteiger partial charge in [0.05, 0.1) is 5.69 Å². The molecule has 0 radical (unpaired) electrons. The van der Waals surface area contributed by atoms with Gasteiger partial charge < -0.3 is 4.98 Å². The highest BCUT2D eigenvalue weighted by Crippen LogP contribution is 2.16. The average molecular weight is 319 g/mol. The van der Waals surface area contributed by atoms with Gasteiger partial charge in [-0.25, -0.2) is 4.98 Å². The van der Waals surface area contributed by atoms with Crippen molar-refractivity contribution in [2.24, 2.45) is 0 Å². The van der Waals surface area contributed by atoms with Gasteiger partial charge in [-0.3, -0.25) is 9.78 Å². The predicted molar refractivity (Wildman–Crippen MR) is 95.9 cm³/mol. The molecular formula is C20H21N3O. The molecule has 122 valence electrons. The van der Waals surface area contributed by atoms with E-state index in [2.05, 4.69) is 34.0 Å². The van der Waals surface area contributed by atoms with Crippen LogP contribution < -0.4 is 5.56 Å². The number of nitrogens with zero attached hydrogens (tertiary/aromatic N) is 2. The molecule has 0 atom stereocenters. The summed E-state index contributed by atoms with van der Waals surface area (Å²) < 4.78 is 0. The van der Waals surface area contributed by atoms with Gasteiger partial charge in [0.1, 0.15) is 5.82 Å². The van der Waals surface area contributed by atoms with Crippen LogP contribution in [0.5, 0.6) is 0 Å². The lowest BCUT2D eigenvalue weighted by molar-refractivity contribution is 0.767. The number of rotatable bonds is 6. The first-order chi connectivity index (χ1) is 11.7. The van der Waals surface area contributed by atoms with Crippen LogP contribution in [0.3, 0.4) is 0 Å². The Bertz CT molecular complexity index is 856. The number of pyridine rings is 1. The lowest BCUT2D eigenvalue weighted by Crippen LogP contribution is -2.11. The highest BCUT2D eigenvalue weighted by Gasteiger charge is 2.05. The fourth-order valence-corrected chi connectivity index (χ4v) is 2.71. The van der Waals surface area contributed by atoms with Crippen molar-refractivity contribution in [2.45, 2.75) is 32.6 Å². The maximum atomic E-state index is 12.0. The minimum atomic E-state index is -0.107. The molecular weight excluding hydrogens is 298 g/mol. The summed E-state index contributed by atoms with van der Waals surface area (Å²) >= 11 is 0. The molecule has 0 amide bonds. The summed E-state index contributed by atoms with van der Waals surface area (Å²) in [5.41, 5.74) is 3.85. The Morgan fingerprint density at radius 1 is 1.04 bits per heavy atom. The molecule has 24 heavy (non-hydrogen) atoms. The van der Waals surface area contributed by atoms with Gasteiger partial charge in [0.25, 0.3) is 5.56 Å². The number of hydrogen-bond donors (Lipinski definition) is 1. The van der Waals surface area contributed by atoms with Crippen LogP contribution in [0, 0.1) is 0 Å². The van der Waals surface area contributed by atoms with Crippen molar-refractivity contribution in [1.29, 1.82) is 0 Å². The van der Waals surface area contributed by atoms with Gasteiger partial charge in [-0.05, 0) is 37.0 Å². The number of H-pyrrole nitrogens is 1. The largest absolute Gasteiger partial charge is 0.311 e. The predicted octanol–water partition coefficient (Wildman–Crippen LogP) is 3.57. The van der Waals surface area contributed by atoms with E-state index in [9.17, 15) is 4.79 Å². The molecule has 3 aromatic rings. The molecule has 4 heteroatoms. The van der Waals surface area contributed by atoms with Crippen molar-refractivity contribution >= 4 is 0 Å². The first-order valence-electron chi connectivity index (χ1n) is 8.34. The van der Waals surface area contributed by atoms with E-state index < -0.39 is 0 Å². The van der Waals surface area contributed by atoms with E-state index in [0.717, 1.165) is 42.8 Å². The molecule has 0 bridgehead atoms. The number of hydrogen-bond acceptors (Lipinski definition) is 3. The topological polar surface area (TPSA) is 58.6 Å². The molecule has 2 heterocycles. The Hall–Kier alpha value is -2.75. The summed E-state index contributed by atoms with van der Waals surface area (Å²) in [6.45, 7) is 2.06. The molecule has 0 aliphatic rings. The molecule has 0 fully saturated rings. The van der Waals surface area contributed by atoms with Gasteiger partial charge in [0.2, 0.25) is 0 Å². The van der Waals surface area contributed by atoms with Crippen LogP contribution in [0.2, 0.25) is 0 Å². The summed E-state index contributed by atoms with van der Waals surface area (Å²) in [5, 5.41) is 0. The van der Waals surface area contributed by atoms with Crippen molar-refractivity contribution in [3.63, 3.8) is 0 Å². The normalized spacial score (nSPS) is 10.7. The number of nitrogens with one attached hydrogen (secondary N) is 1. The molecule has 3 rings (SSSR count). The molecule has 0 spiro atoms. The van der Waals surface area contributed by atoms with Gasteiger partial charge in [-0.2, -0.15) is 0 Å². The van der Waals surface area contributed by atoms with E-state index >= 15 is 0 Å². The monoisotopic (exact) mass is 319 g/mol. The Kier molecular flexibility index (Phi) is 5.16. The summed E-state index contributed by atoms with van der Waals surface area (Å²) in [5.74, 6) is 0.739. The molecule has 0 aliphatic heterocycles. The maximum absolute atomic E-state index is 12.0. The summed E-state index contributed by atoms with van der Waals surface area (Å²) in [4.78, 5) is 23.7. The first-order valence-corrected chi connectivity index (χ1v) is 8.34. The number of aromatic nitrogens is 3. The summed E-state index contributed by atoms with van der Waals surface area (Å²) in [6.07, 6.45) is 5.31.